The van der Waals surface area contributed by atoms with E-state index in [1.807, 2.05) is 11.4 Å². The van der Waals surface area contributed by atoms with Crippen LogP contribution in [0.5, 0.6) is 0 Å². The number of likely N-dealkylation sites (tertiary alicyclic amines) is 1. The van der Waals surface area contributed by atoms with Gasteiger partial charge in [-0.15, -0.1) is 11.3 Å². The van der Waals surface area contributed by atoms with Crippen molar-refractivity contribution in [2.75, 3.05) is 6.54 Å². The van der Waals surface area contributed by atoms with Crippen molar-refractivity contribution in [1.82, 2.24) is 10.2 Å². The van der Waals surface area contributed by atoms with E-state index >= 15 is 0 Å². The van der Waals surface area contributed by atoms with E-state index in [0.29, 0.717) is 19.5 Å². The standard InChI is InChI=1S/C13H17BrN2O3S/c14-9-6-10(20-8-9)7-15-13(19)16-5-3-1-2-4-11(16)12(17)18/h6,8,11H,1-5,7H2,(H,15,19)(H,17,18). The monoisotopic (exact) mass is 360 g/mol. The number of halogens is 1. The SMILES string of the molecule is O=C(O)C1CCCCCN1C(=O)NCc1cc(Br)cs1. The molecule has 5 nitrogen and oxygen atoms in total. The summed E-state index contributed by atoms with van der Waals surface area (Å²) in [5.74, 6) is -0.916. The van der Waals surface area contributed by atoms with Gasteiger partial charge in [0.15, 0.2) is 0 Å². The molecule has 1 aliphatic heterocycles. The van der Waals surface area contributed by atoms with Crippen molar-refractivity contribution < 1.29 is 14.7 Å². The average molecular weight is 361 g/mol. The van der Waals surface area contributed by atoms with Crippen molar-refractivity contribution in [1.29, 1.82) is 0 Å². The quantitative estimate of drug-likeness (QED) is 0.870. The summed E-state index contributed by atoms with van der Waals surface area (Å²) in [6, 6.07) is 0.957. The summed E-state index contributed by atoms with van der Waals surface area (Å²) in [7, 11) is 0. The Morgan fingerprint density at radius 2 is 2.25 bits per heavy atom. The molecule has 2 rings (SSSR count). The van der Waals surface area contributed by atoms with Crippen LogP contribution < -0.4 is 5.32 Å². The number of rotatable bonds is 3. The van der Waals surface area contributed by atoms with Gasteiger partial charge in [-0.3, -0.25) is 0 Å². The van der Waals surface area contributed by atoms with Crippen LogP contribution in [-0.2, 0) is 11.3 Å². The fraction of sp³-hybridized carbons (Fsp3) is 0.538. The van der Waals surface area contributed by atoms with Crippen molar-refractivity contribution in [3.05, 3.63) is 20.8 Å². The summed E-state index contributed by atoms with van der Waals surface area (Å²) >= 11 is 4.92. The van der Waals surface area contributed by atoms with Gasteiger partial charge in [-0.25, -0.2) is 9.59 Å². The Labute approximate surface area is 130 Å². The maximum Gasteiger partial charge on any atom is 0.326 e. The molecule has 2 amide bonds. The molecule has 1 aromatic rings. The van der Waals surface area contributed by atoms with Gasteiger partial charge >= 0.3 is 12.0 Å². The Kier molecular flexibility index (Phi) is 5.42. The molecule has 110 valence electrons. The summed E-state index contributed by atoms with van der Waals surface area (Å²) in [6.07, 6.45) is 3.24. The fourth-order valence-corrected chi connectivity index (χ4v) is 3.71. The number of thiophene rings is 1. The molecule has 20 heavy (non-hydrogen) atoms. The van der Waals surface area contributed by atoms with Gasteiger partial charge in [-0.05, 0) is 34.8 Å². The molecule has 1 fully saturated rings. The number of amides is 2. The van der Waals surface area contributed by atoms with Crippen LogP contribution in [0.2, 0.25) is 0 Å². The lowest BCUT2D eigenvalue weighted by Gasteiger charge is -2.26. The third kappa shape index (κ3) is 3.96. The minimum atomic E-state index is -0.916. The zero-order chi connectivity index (χ0) is 14.5. The number of hydrogen-bond donors (Lipinski definition) is 2. The molecular formula is C13H17BrN2O3S. The van der Waals surface area contributed by atoms with Crippen molar-refractivity contribution in [2.45, 2.75) is 38.3 Å². The highest BCUT2D eigenvalue weighted by molar-refractivity contribution is 9.10. The number of nitrogens with zero attached hydrogens (tertiary/aromatic N) is 1. The van der Waals surface area contributed by atoms with Crippen molar-refractivity contribution >= 4 is 39.3 Å². The molecule has 1 saturated heterocycles. The van der Waals surface area contributed by atoms with Crippen LogP contribution in [-0.4, -0.2) is 34.6 Å². The molecule has 0 radical (unpaired) electrons. The van der Waals surface area contributed by atoms with E-state index in [4.69, 9.17) is 0 Å². The van der Waals surface area contributed by atoms with Gasteiger partial charge in [0.2, 0.25) is 0 Å². The zero-order valence-corrected chi connectivity index (χ0v) is 13.4. The van der Waals surface area contributed by atoms with Crippen LogP contribution in [0.15, 0.2) is 15.9 Å². The second kappa shape index (κ2) is 7.08. The minimum Gasteiger partial charge on any atom is -0.480 e. The van der Waals surface area contributed by atoms with Gasteiger partial charge in [-0.1, -0.05) is 12.8 Å². The average Bonchev–Trinajstić information content (AvgIpc) is 2.68. The predicted octanol–water partition coefficient (Wildman–Crippen LogP) is 3.05. The lowest BCUT2D eigenvalue weighted by Crippen LogP contribution is -2.49. The number of nitrogens with one attached hydrogen (secondary N) is 1. The Balaban J connectivity index is 1.96. The molecule has 1 aromatic heterocycles. The largest absolute Gasteiger partial charge is 0.480 e. The number of carboxylic acid groups (broad SMARTS) is 1. The molecule has 0 saturated carbocycles. The van der Waals surface area contributed by atoms with E-state index in [-0.39, 0.29) is 6.03 Å². The van der Waals surface area contributed by atoms with E-state index in [1.54, 1.807) is 11.3 Å². The molecule has 1 aliphatic rings. The van der Waals surface area contributed by atoms with Crippen LogP contribution in [0.4, 0.5) is 4.79 Å². The van der Waals surface area contributed by atoms with Crippen molar-refractivity contribution in [2.24, 2.45) is 0 Å². The zero-order valence-electron chi connectivity index (χ0n) is 11.0. The normalized spacial score (nSPS) is 19.4. The number of carbonyl (C=O) groups is 2. The second-order valence-corrected chi connectivity index (χ2v) is 6.70. The van der Waals surface area contributed by atoms with Gasteiger partial charge in [-0.2, -0.15) is 0 Å². The number of aliphatic carboxylic acids is 1. The number of hydrogen-bond acceptors (Lipinski definition) is 3. The first kappa shape index (κ1) is 15.3. The maximum absolute atomic E-state index is 12.2. The molecule has 2 heterocycles. The van der Waals surface area contributed by atoms with E-state index in [1.165, 1.54) is 4.90 Å². The lowest BCUT2D eigenvalue weighted by molar-refractivity contribution is -0.142. The fourth-order valence-electron chi connectivity index (χ4n) is 2.32. The van der Waals surface area contributed by atoms with Gasteiger partial charge in [0, 0.05) is 21.3 Å². The van der Waals surface area contributed by atoms with E-state index in [0.717, 1.165) is 28.6 Å². The molecule has 0 aliphatic carbocycles. The second-order valence-electron chi connectivity index (χ2n) is 4.79. The first-order valence-corrected chi connectivity index (χ1v) is 8.25. The number of urea groups is 1. The van der Waals surface area contributed by atoms with Gasteiger partial charge < -0.3 is 15.3 Å². The summed E-state index contributed by atoms with van der Waals surface area (Å²) in [5, 5.41) is 14.0. The summed E-state index contributed by atoms with van der Waals surface area (Å²) in [5.41, 5.74) is 0. The molecule has 0 aromatic carbocycles. The third-order valence-corrected chi connectivity index (χ3v) is 5.03. The summed E-state index contributed by atoms with van der Waals surface area (Å²) in [6.45, 7) is 0.939. The highest BCUT2D eigenvalue weighted by Gasteiger charge is 2.30. The van der Waals surface area contributed by atoms with Crippen LogP contribution in [0.1, 0.15) is 30.6 Å². The topological polar surface area (TPSA) is 69.6 Å². The van der Waals surface area contributed by atoms with Crippen LogP contribution in [0, 0.1) is 0 Å². The highest BCUT2D eigenvalue weighted by atomic mass is 79.9. The van der Waals surface area contributed by atoms with Crippen LogP contribution >= 0.6 is 27.3 Å². The van der Waals surface area contributed by atoms with E-state index in [2.05, 4.69) is 21.2 Å². The number of carbonyl (C=O) groups excluding carboxylic acids is 1. The Morgan fingerprint density at radius 1 is 1.45 bits per heavy atom. The summed E-state index contributed by atoms with van der Waals surface area (Å²) in [4.78, 5) is 26.0. The van der Waals surface area contributed by atoms with Gasteiger partial charge in [0.05, 0.1) is 6.54 Å². The van der Waals surface area contributed by atoms with Crippen molar-refractivity contribution in [3.8, 4) is 0 Å². The molecule has 0 spiro atoms. The van der Waals surface area contributed by atoms with Crippen molar-refractivity contribution in [3.63, 3.8) is 0 Å². The summed E-state index contributed by atoms with van der Waals surface area (Å²) < 4.78 is 0.991. The molecule has 1 unspecified atom stereocenters. The first-order valence-electron chi connectivity index (χ1n) is 6.58. The lowest BCUT2D eigenvalue weighted by atomic mass is 10.1. The highest BCUT2D eigenvalue weighted by Crippen LogP contribution is 2.20. The third-order valence-electron chi connectivity index (χ3n) is 3.33. The minimum absolute atomic E-state index is 0.288. The molecule has 0 bridgehead atoms. The molecule has 1 atom stereocenters. The smallest absolute Gasteiger partial charge is 0.326 e. The van der Waals surface area contributed by atoms with Crippen LogP contribution in [0.3, 0.4) is 0 Å². The molecule has 7 heteroatoms. The Morgan fingerprint density at radius 3 is 2.90 bits per heavy atom. The molecule has 2 N–H and O–H groups in total. The van der Waals surface area contributed by atoms with Gasteiger partial charge in [0.1, 0.15) is 6.04 Å². The number of carboxylic acids is 1. The Hall–Kier alpha value is -1.08. The van der Waals surface area contributed by atoms with Crippen LogP contribution in [0.25, 0.3) is 0 Å². The first-order chi connectivity index (χ1) is 9.58. The maximum atomic E-state index is 12.2. The van der Waals surface area contributed by atoms with E-state index < -0.39 is 12.0 Å². The van der Waals surface area contributed by atoms with Gasteiger partial charge in [0.25, 0.3) is 0 Å². The Bertz CT molecular complexity index is 492. The molecular weight excluding hydrogens is 344 g/mol. The predicted molar refractivity (Wildman–Crippen MR) is 80.9 cm³/mol. The van der Waals surface area contributed by atoms with E-state index in [9.17, 15) is 14.7 Å².